The number of sulfonamides is 1. The Labute approximate surface area is 372 Å². The van der Waals surface area contributed by atoms with Gasteiger partial charge in [0, 0.05) is 33.5 Å². The van der Waals surface area contributed by atoms with Gasteiger partial charge in [-0.1, -0.05) is 50.6 Å². The highest BCUT2D eigenvalue weighted by Crippen LogP contribution is 2.46. The number of fused-ring (bicyclic) bond motifs is 2. The van der Waals surface area contributed by atoms with Gasteiger partial charge >= 0.3 is 0 Å². The summed E-state index contributed by atoms with van der Waals surface area (Å²) in [6.07, 6.45) is 3.46. The molecule has 3 aromatic heterocycles. The van der Waals surface area contributed by atoms with Gasteiger partial charge in [-0.2, -0.15) is 0 Å². The van der Waals surface area contributed by atoms with Crippen molar-refractivity contribution in [3.63, 3.8) is 0 Å². The highest BCUT2D eigenvalue weighted by atomic mass is 35.5. The van der Waals surface area contributed by atoms with E-state index < -0.39 is 68.1 Å². The second-order valence-corrected chi connectivity index (χ2v) is 20.2. The molecule has 5 atom stereocenters. The largest absolute Gasteiger partial charge is 0.494 e. The van der Waals surface area contributed by atoms with Crippen LogP contribution in [0, 0.1) is 11.3 Å². The zero-order valence-corrected chi connectivity index (χ0v) is 37.8. The first-order valence-corrected chi connectivity index (χ1v) is 22.4. The average molecular weight is 937 g/mol. The van der Waals surface area contributed by atoms with Crippen molar-refractivity contribution >= 4 is 113 Å². The quantitative estimate of drug-likeness (QED) is 0.103. The minimum absolute atomic E-state index is 0. The third-order valence-electron chi connectivity index (χ3n) is 10.8. The van der Waals surface area contributed by atoms with Crippen molar-refractivity contribution in [2.75, 3.05) is 19.0 Å². The van der Waals surface area contributed by atoms with Crippen molar-refractivity contribution < 1.29 is 32.3 Å². The Morgan fingerprint density at radius 3 is 2.52 bits per heavy atom. The molecule has 4 heterocycles. The summed E-state index contributed by atoms with van der Waals surface area (Å²) in [6.45, 7) is 9.55. The molecule has 3 amide bonds. The van der Waals surface area contributed by atoms with Crippen LogP contribution in [0.1, 0.15) is 46.5 Å². The first kappa shape index (κ1) is 45.3. The first-order chi connectivity index (χ1) is 27.6. The molecule has 20 heteroatoms. The van der Waals surface area contributed by atoms with Crippen LogP contribution in [0.3, 0.4) is 0 Å². The van der Waals surface area contributed by atoms with Gasteiger partial charge in [0.25, 0.3) is 5.91 Å². The lowest BCUT2D eigenvalue weighted by atomic mass is 9.85. The van der Waals surface area contributed by atoms with Gasteiger partial charge in [0.15, 0.2) is 5.13 Å². The monoisotopic (exact) mass is 935 g/mol. The summed E-state index contributed by atoms with van der Waals surface area (Å²) in [5, 5.41) is 10.5. The number of pyridine rings is 1. The second-order valence-electron chi connectivity index (χ2n) is 16.0. The maximum atomic E-state index is 14.9. The molecule has 14 nitrogen and oxygen atoms in total. The maximum Gasteiger partial charge on any atom is 0.259 e. The first-order valence-electron chi connectivity index (χ1n) is 18.8. The van der Waals surface area contributed by atoms with E-state index in [2.05, 4.69) is 26.9 Å². The second kappa shape index (κ2) is 17.2. The number of likely N-dealkylation sites (tertiary alicyclic amines) is 1. The number of anilines is 1. The molecule has 0 unspecified atom stereocenters. The number of rotatable bonds is 13. The molecular weight excluding hydrogens is 893 g/mol. The van der Waals surface area contributed by atoms with E-state index in [0.717, 1.165) is 15.2 Å². The Hall–Kier alpha value is -4.26. The van der Waals surface area contributed by atoms with Crippen molar-refractivity contribution in [3.05, 3.63) is 71.7 Å². The summed E-state index contributed by atoms with van der Waals surface area (Å²) in [5.41, 5.74) is -0.670. The minimum atomic E-state index is -3.90. The lowest BCUT2D eigenvalue weighted by Gasteiger charge is -2.35. The van der Waals surface area contributed by atoms with Crippen molar-refractivity contribution in [3.8, 4) is 22.3 Å². The lowest BCUT2D eigenvalue weighted by molar-refractivity contribution is -0.141. The number of hydrogen-bond donors (Lipinski definition) is 3. The smallest absolute Gasteiger partial charge is 0.259 e. The topological polar surface area (TPSA) is 182 Å². The zero-order chi connectivity index (χ0) is 41.1. The molecule has 5 aromatic rings. The van der Waals surface area contributed by atoms with Crippen LogP contribution in [0.25, 0.3) is 31.7 Å². The fourth-order valence-corrected chi connectivity index (χ4v) is 10.6. The maximum absolute atomic E-state index is 14.9. The van der Waals surface area contributed by atoms with Crippen LogP contribution in [0.15, 0.2) is 66.7 Å². The van der Waals surface area contributed by atoms with E-state index in [1.165, 1.54) is 47.0 Å². The summed E-state index contributed by atoms with van der Waals surface area (Å²) in [4.78, 5) is 58.5. The van der Waals surface area contributed by atoms with Crippen LogP contribution in [-0.2, 0) is 24.4 Å². The molecule has 2 saturated carbocycles. The molecule has 1 saturated heterocycles. The molecule has 0 bridgehead atoms. The Kier molecular flexibility index (Phi) is 13.0. The number of hydrogen-bond acceptors (Lipinski definition) is 13. The molecule has 2 aromatic carbocycles. The van der Waals surface area contributed by atoms with Crippen LogP contribution >= 0.6 is 59.1 Å². The fourth-order valence-electron chi connectivity index (χ4n) is 7.33. The van der Waals surface area contributed by atoms with Gasteiger partial charge in [-0.3, -0.25) is 19.1 Å². The van der Waals surface area contributed by atoms with E-state index in [9.17, 15) is 22.8 Å². The number of halogens is 3. The Balaban J connectivity index is 0.00000302. The number of aromatic nitrogens is 3. The van der Waals surface area contributed by atoms with E-state index in [1.807, 2.05) is 50.4 Å². The van der Waals surface area contributed by atoms with Gasteiger partial charge in [0.05, 0.1) is 35.3 Å². The molecule has 0 spiro atoms. The molecule has 8 rings (SSSR count). The SMILES string of the molecule is C=C[C@@H]1C[C@]1(NC(=O)[C@@H]1C[C@@H](Oc2ncc(OC)c3ccc(Cl)cc23)CN1C(=O)[C@@H](Nc1nc(-c2nc3ccccc3s2)cs1)C(C)(C)C)C(=O)NS(=O)(=O)C1CC1.Cl.Cl. The number of amides is 3. The van der Waals surface area contributed by atoms with Crippen molar-refractivity contribution in [2.24, 2.45) is 11.3 Å². The van der Waals surface area contributed by atoms with Crippen molar-refractivity contribution in [1.29, 1.82) is 0 Å². The molecule has 2 aliphatic carbocycles. The Morgan fingerprint density at radius 1 is 1.10 bits per heavy atom. The van der Waals surface area contributed by atoms with Crippen LogP contribution < -0.4 is 24.8 Å². The third kappa shape index (κ3) is 8.88. The molecule has 3 N–H and O–H groups in total. The molecule has 1 aliphatic heterocycles. The van der Waals surface area contributed by atoms with E-state index in [4.69, 9.17) is 31.0 Å². The Morgan fingerprint density at radius 2 is 1.85 bits per heavy atom. The Bertz CT molecular complexity index is 2550. The van der Waals surface area contributed by atoms with Crippen LogP contribution in [0.4, 0.5) is 5.13 Å². The molecule has 320 valence electrons. The number of nitrogens with one attached hydrogen (secondary N) is 3. The van der Waals surface area contributed by atoms with Crippen molar-refractivity contribution in [2.45, 2.75) is 75.4 Å². The van der Waals surface area contributed by atoms with E-state index in [0.29, 0.717) is 45.2 Å². The van der Waals surface area contributed by atoms with Gasteiger partial charge in [-0.05, 0) is 55.0 Å². The highest BCUT2D eigenvalue weighted by molar-refractivity contribution is 7.91. The molecule has 0 radical (unpaired) electrons. The summed E-state index contributed by atoms with van der Waals surface area (Å²) in [6, 6.07) is 11.1. The molecule has 3 aliphatic rings. The molecule has 3 fully saturated rings. The van der Waals surface area contributed by atoms with Gasteiger partial charge in [-0.25, -0.2) is 23.4 Å². The summed E-state index contributed by atoms with van der Waals surface area (Å²) >= 11 is 9.26. The summed E-state index contributed by atoms with van der Waals surface area (Å²) in [5.74, 6) is -1.60. The standard InChI is InChI=1S/C40H42ClN7O7S3.2ClH/c1-6-21-17-40(21,37(51)47-58(52,53)24-12-13-24)46-33(49)29-16-23(55-34-26-15-22(41)11-14-25(26)30(54-5)18-42-34)19-48(29)36(50)32(39(2,3)4)45-38-44-28(20-56-38)35-43-27-9-7-8-10-31(27)57-35;;/h6-11,14-15,18,20-21,23-24,29,32H,1,12-13,16-17,19H2,2-5H3,(H,44,45)(H,46,49)(H,47,51);2*1H/t21-,23-,29+,32-,40-;;/m1../s1. The normalized spacial score (nSPS) is 21.6. The van der Waals surface area contributed by atoms with Gasteiger partial charge < -0.3 is 25.0 Å². The number of methoxy groups -OCH3 is 1. The number of ether oxygens (including phenoxy) is 2. The van der Waals surface area contributed by atoms with E-state index in [1.54, 1.807) is 18.2 Å². The van der Waals surface area contributed by atoms with Crippen LogP contribution in [-0.4, -0.2) is 88.6 Å². The molecule has 60 heavy (non-hydrogen) atoms. The number of thiazole rings is 2. The van der Waals surface area contributed by atoms with E-state index in [-0.39, 0.29) is 50.1 Å². The van der Waals surface area contributed by atoms with E-state index >= 15 is 0 Å². The van der Waals surface area contributed by atoms with Gasteiger partial charge in [-0.15, -0.1) is 54.1 Å². The predicted octanol–water partition coefficient (Wildman–Crippen LogP) is 7.02. The number of benzene rings is 2. The zero-order valence-electron chi connectivity index (χ0n) is 33.0. The van der Waals surface area contributed by atoms with Crippen LogP contribution in [0.5, 0.6) is 11.6 Å². The lowest BCUT2D eigenvalue weighted by Crippen LogP contribution is -2.58. The van der Waals surface area contributed by atoms with Gasteiger partial charge in [0.2, 0.25) is 27.7 Å². The minimum Gasteiger partial charge on any atom is -0.494 e. The average Bonchev–Trinajstić information content (AvgIpc) is 4.00. The summed E-state index contributed by atoms with van der Waals surface area (Å²) in [7, 11) is -2.37. The summed E-state index contributed by atoms with van der Waals surface area (Å²) < 4.78 is 40.8. The number of carbonyl (C=O) groups excluding carboxylic acids is 3. The fraction of sp³-hybridized carbons (Fsp3) is 0.400. The number of carbonyl (C=O) groups is 3. The predicted molar refractivity (Wildman–Crippen MR) is 239 cm³/mol. The van der Waals surface area contributed by atoms with Crippen molar-refractivity contribution in [1.82, 2.24) is 29.9 Å². The van der Waals surface area contributed by atoms with Crippen LogP contribution in [0.2, 0.25) is 5.02 Å². The van der Waals surface area contributed by atoms with Gasteiger partial charge in [0.1, 0.15) is 40.2 Å². The third-order valence-corrected chi connectivity index (χ3v) is 14.7. The highest BCUT2D eigenvalue weighted by Gasteiger charge is 2.62. The number of para-hydroxylation sites is 1. The molecular formula is C40H44Cl3N7O7S3. The number of nitrogens with zero attached hydrogens (tertiary/aromatic N) is 4.